The molecule has 0 bridgehead atoms. The van der Waals surface area contributed by atoms with E-state index in [-0.39, 0.29) is 12.0 Å². The van der Waals surface area contributed by atoms with Crippen LogP contribution in [0.2, 0.25) is 0 Å². The molecular weight excluding hydrogens is 286 g/mol. The van der Waals surface area contributed by atoms with Gasteiger partial charge < -0.3 is 5.73 Å². The summed E-state index contributed by atoms with van der Waals surface area (Å²) in [5.74, 6) is 0.125. The summed E-state index contributed by atoms with van der Waals surface area (Å²) in [6.45, 7) is 3.91. The van der Waals surface area contributed by atoms with E-state index in [9.17, 15) is 0 Å². The molecule has 0 aliphatic rings. The van der Waals surface area contributed by atoms with Gasteiger partial charge in [-0.2, -0.15) is 0 Å². The van der Waals surface area contributed by atoms with Gasteiger partial charge in [0.1, 0.15) is 0 Å². The van der Waals surface area contributed by atoms with Crippen molar-refractivity contribution in [2.24, 2.45) is 5.73 Å². The maximum absolute atomic E-state index is 6.34. The van der Waals surface area contributed by atoms with Crippen molar-refractivity contribution in [3.05, 3.63) is 82.9 Å². The van der Waals surface area contributed by atoms with Gasteiger partial charge in [0.05, 0.1) is 0 Å². The van der Waals surface area contributed by atoms with E-state index in [0.29, 0.717) is 0 Å². The van der Waals surface area contributed by atoms with Gasteiger partial charge in [-0.1, -0.05) is 64.5 Å². The Morgan fingerprint density at radius 3 is 2.11 bits per heavy atom. The average molecular weight is 302 g/mol. The third-order valence-corrected chi connectivity index (χ3v) is 3.61. The number of nitrogens with two attached hydrogens (primary N) is 1. The molecule has 0 heterocycles. The van der Waals surface area contributed by atoms with Gasteiger partial charge in [-0.15, -0.1) is 6.58 Å². The Bertz CT molecular complexity index is 504. The largest absolute Gasteiger partial charge is 0.323 e. The second-order valence-electron chi connectivity index (χ2n) is 4.25. The summed E-state index contributed by atoms with van der Waals surface area (Å²) in [4.78, 5) is 0. The minimum absolute atomic E-state index is 0.0649. The highest BCUT2D eigenvalue weighted by atomic mass is 79.9. The van der Waals surface area contributed by atoms with Crippen molar-refractivity contribution in [3.8, 4) is 0 Å². The van der Waals surface area contributed by atoms with Gasteiger partial charge in [-0.05, 0) is 23.3 Å². The van der Waals surface area contributed by atoms with E-state index < -0.39 is 0 Å². The third kappa shape index (κ3) is 2.89. The lowest BCUT2D eigenvalue weighted by molar-refractivity contribution is 0.647. The standard InChI is InChI=1S/C16H16BrN/c1-2-15(12-8-10-14(17)11-9-12)16(18)13-6-4-3-5-7-13/h2-11,15-16H,1,18H2/t15-,16+/m0/s1. The zero-order chi connectivity index (χ0) is 13.0. The van der Waals surface area contributed by atoms with Crippen LogP contribution in [0, 0.1) is 0 Å². The van der Waals surface area contributed by atoms with E-state index in [2.05, 4.69) is 46.8 Å². The smallest absolute Gasteiger partial charge is 0.0399 e. The molecule has 0 saturated heterocycles. The van der Waals surface area contributed by atoms with Crippen molar-refractivity contribution in [2.45, 2.75) is 12.0 Å². The first-order valence-electron chi connectivity index (χ1n) is 5.91. The predicted molar refractivity (Wildman–Crippen MR) is 80.5 cm³/mol. The SMILES string of the molecule is C=C[C@@H](c1ccc(Br)cc1)[C@H](N)c1ccccc1. The van der Waals surface area contributed by atoms with Gasteiger partial charge in [-0.25, -0.2) is 0 Å². The summed E-state index contributed by atoms with van der Waals surface area (Å²) in [6.07, 6.45) is 1.92. The number of benzene rings is 2. The Labute approximate surface area is 116 Å². The molecule has 0 aliphatic heterocycles. The normalized spacial score (nSPS) is 13.9. The molecule has 1 nitrogen and oxygen atoms in total. The van der Waals surface area contributed by atoms with Crippen LogP contribution in [0.1, 0.15) is 23.1 Å². The fraction of sp³-hybridized carbons (Fsp3) is 0.125. The lowest BCUT2D eigenvalue weighted by atomic mass is 9.88. The Morgan fingerprint density at radius 1 is 0.944 bits per heavy atom. The van der Waals surface area contributed by atoms with E-state index in [1.54, 1.807) is 0 Å². The van der Waals surface area contributed by atoms with E-state index in [1.165, 1.54) is 5.56 Å². The summed E-state index contributed by atoms with van der Waals surface area (Å²) < 4.78 is 1.07. The molecule has 2 atom stereocenters. The Balaban J connectivity index is 2.29. The first-order valence-corrected chi connectivity index (χ1v) is 6.70. The van der Waals surface area contributed by atoms with Crippen molar-refractivity contribution in [2.75, 3.05) is 0 Å². The van der Waals surface area contributed by atoms with Crippen LogP contribution in [0.15, 0.2) is 71.7 Å². The van der Waals surface area contributed by atoms with Gasteiger partial charge in [0.25, 0.3) is 0 Å². The monoisotopic (exact) mass is 301 g/mol. The molecule has 0 amide bonds. The van der Waals surface area contributed by atoms with Crippen LogP contribution in [0.25, 0.3) is 0 Å². The fourth-order valence-corrected chi connectivity index (χ4v) is 2.32. The molecule has 0 aliphatic carbocycles. The highest BCUT2D eigenvalue weighted by Crippen LogP contribution is 2.30. The van der Waals surface area contributed by atoms with Crippen LogP contribution in [0.4, 0.5) is 0 Å². The molecule has 2 rings (SSSR count). The van der Waals surface area contributed by atoms with Crippen LogP contribution in [-0.2, 0) is 0 Å². The Morgan fingerprint density at radius 2 is 1.56 bits per heavy atom. The van der Waals surface area contributed by atoms with Crippen molar-refractivity contribution >= 4 is 15.9 Å². The van der Waals surface area contributed by atoms with Gasteiger partial charge >= 0.3 is 0 Å². The number of halogens is 1. The second-order valence-corrected chi connectivity index (χ2v) is 5.17. The van der Waals surface area contributed by atoms with Gasteiger partial charge in [0, 0.05) is 16.4 Å². The van der Waals surface area contributed by atoms with Crippen LogP contribution in [0.5, 0.6) is 0 Å². The van der Waals surface area contributed by atoms with Crippen LogP contribution >= 0.6 is 15.9 Å². The van der Waals surface area contributed by atoms with E-state index >= 15 is 0 Å². The van der Waals surface area contributed by atoms with Crippen molar-refractivity contribution in [1.29, 1.82) is 0 Å². The topological polar surface area (TPSA) is 26.0 Å². The zero-order valence-electron chi connectivity index (χ0n) is 10.1. The number of hydrogen-bond acceptors (Lipinski definition) is 1. The van der Waals surface area contributed by atoms with Crippen LogP contribution in [0.3, 0.4) is 0 Å². The quantitative estimate of drug-likeness (QED) is 0.831. The average Bonchev–Trinajstić information content (AvgIpc) is 2.42. The van der Waals surface area contributed by atoms with E-state index in [4.69, 9.17) is 5.73 Å². The van der Waals surface area contributed by atoms with Crippen molar-refractivity contribution < 1.29 is 0 Å². The Hall–Kier alpha value is -1.38. The molecule has 0 fully saturated rings. The summed E-state index contributed by atoms with van der Waals surface area (Å²) in [5.41, 5.74) is 8.65. The summed E-state index contributed by atoms with van der Waals surface area (Å²) in [7, 11) is 0. The summed E-state index contributed by atoms with van der Waals surface area (Å²) in [5, 5.41) is 0. The highest BCUT2D eigenvalue weighted by Gasteiger charge is 2.17. The van der Waals surface area contributed by atoms with Crippen LogP contribution < -0.4 is 5.73 Å². The summed E-state index contributed by atoms with van der Waals surface area (Å²) in [6, 6.07) is 18.3. The molecule has 0 spiro atoms. The van der Waals surface area contributed by atoms with E-state index in [1.807, 2.05) is 36.4 Å². The third-order valence-electron chi connectivity index (χ3n) is 3.08. The Kier molecular flexibility index (Phi) is 4.34. The highest BCUT2D eigenvalue weighted by molar-refractivity contribution is 9.10. The zero-order valence-corrected chi connectivity index (χ0v) is 11.7. The lowest BCUT2D eigenvalue weighted by Crippen LogP contribution is -2.18. The first-order chi connectivity index (χ1) is 8.72. The van der Waals surface area contributed by atoms with Gasteiger partial charge in [0.2, 0.25) is 0 Å². The molecule has 0 radical (unpaired) electrons. The molecule has 0 aromatic heterocycles. The van der Waals surface area contributed by atoms with Crippen molar-refractivity contribution in [3.63, 3.8) is 0 Å². The summed E-state index contributed by atoms with van der Waals surface area (Å²) >= 11 is 3.44. The molecule has 2 N–H and O–H groups in total. The molecular formula is C16H16BrN. The molecule has 92 valence electrons. The molecule has 2 heteroatoms. The second kappa shape index (κ2) is 5.98. The predicted octanol–water partition coefficient (Wildman–Crippen LogP) is 4.42. The van der Waals surface area contributed by atoms with Crippen LogP contribution in [-0.4, -0.2) is 0 Å². The number of hydrogen-bond donors (Lipinski definition) is 1. The van der Waals surface area contributed by atoms with E-state index in [0.717, 1.165) is 10.0 Å². The maximum atomic E-state index is 6.34. The maximum Gasteiger partial charge on any atom is 0.0399 e. The lowest BCUT2D eigenvalue weighted by Gasteiger charge is -2.21. The molecule has 0 saturated carbocycles. The first kappa shape index (κ1) is 13.1. The molecule has 2 aromatic carbocycles. The minimum Gasteiger partial charge on any atom is -0.323 e. The fourth-order valence-electron chi connectivity index (χ4n) is 2.06. The van der Waals surface area contributed by atoms with Gasteiger partial charge in [-0.3, -0.25) is 0 Å². The minimum atomic E-state index is -0.0649. The molecule has 2 aromatic rings. The van der Waals surface area contributed by atoms with Crippen molar-refractivity contribution in [1.82, 2.24) is 0 Å². The molecule has 18 heavy (non-hydrogen) atoms. The van der Waals surface area contributed by atoms with Gasteiger partial charge in [0.15, 0.2) is 0 Å². The molecule has 0 unspecified atom stereocenters. The number of rotatable bonds is 4.